The van der Waals surface area contributed by atoms with Gasteiger partial charge in [0.1, 0.15) is 0 Å². The molecule has 0 aliphatic heterocycles. The van der Waals surface area contributed by atoms with E-state index in [9.17, 15) is 0 Å². The van der Waals surface area contributed by atoms with E-state index < -0.39 is 0 Å². The molecule has 0 N–H and O–H groups in total. The Morgan fingerprint density at radius 1 is 1.60 bits per heavy atom. The van der Waals surface area contributed by atoms with Crippen LogP contribution in [-0.2, 0) is 7.05 Å². The molecule has 10 heavy (non-hydrogen) atoms. The molecule has 0 aromatic carbocycles. The summed E-state index contributed by atoms with van der Waals surface area (Å²) in [4.78, 5) is 0. The zero-order valence-corrected chi connectivity index (χ0v) is 5.96. The summed E-state index contributed by atoms with van der Waals surface area (Å²) >= 11 is 0. The number of aromatic nitrogens is 2. The molecule has 0 atom stereocenters. The molecule has 0 spiro atoms. The van der Waals surface area contributed by atoms with Crippen LogP contribution < -0.4 is 0 Å². The molecule has 2 aromatic rings. The average Bonchev–Trinajstić information content (AvgIpc) is 2.41. The molecule has 2 heterocycles. The van der Waals surface area contributed by atoms with E-state index >= 15 is 0 Å². The van der Waals surface area contributed by atoms with Crippen LogP contribution in [0.3, 0.4) is 0 Å². The molecule has 0 bridgehead atoms. The zero-order valence-electron chi connectivity index (χ0n) is 5.96. The number of fused-ring (bicyclic) bond motifs is 1. The molecule has 0 saturated carbocycles. The predicted molar refractivity (Wildman–Crippen MR) is 37.7 cm³/mol. The van der Waals surface area contributed by atoms with E-state index in [2.05, 4.69) is 5.10 Å². The van der Waals surface area contributed by atoms with E-state index in [1.807, 2.05) is 24.7 Å². The van der Waals surface area contributed by atoms with Crippen LogP contribution in [-0.4, -0.2) is 9.78 Å². The predicted octanol–water partition coefficient (Wildman–Crippen LogP) is 1.47. The highest BCUT2D eigenvalue weighted by Gasteiger charge is 2.04. The summed E-state index contributed by atoms with van der Waals surface area (Å²) in [7, 11) is 1.91. The van der Waals surface area contributed by atoms with Gasteiger partial charge in [0.2, 0.25) is 5.71 Å². The summed E-state index contributed by atoms with van der Waals surface area (Å²) < 4.78 is 6.90. The molecule has 52 valence electrons. The molecule has 2 rings (SSSR count). The first-order valence-electron chi connectivity index (χ1n) is 3.16. The fourth-order valence-electron chi connectivity index (χ4n) is 1.04. The van der Waals surface area contributed by atoms with Crippen LogP contribution in [0.2, 0.25) is 0 Å². The minimum atomic E-state index is 0.722. The fraction of sp³-hybridized carbons (Fsp3) is 0.286. The molecule has 0 aliphatic carbocycles. The number of rotatable bonds is 0. The molecule has 0 saturated heterocycles. The summed E-state index contributed by atoms with van der Waals surface area (Å²) in [6, 6.07) is 1.93. The van der Waals surface area contributed by atoms with Crippen molar-refractivity contribution in [1.82, 2.24) is 9.78 Å². The van der Waals surface area contributed by atoms with Crippen molar-refractivity contribution in [2.75, 3.05) is 0 Å². The maximum absolute atomic E-state index is 5.09. The van der Waals surface area contributed by atoms with Crippen LogP contribution in [0, 0.1) is 6.92 Å². The third-order valence-corrected chi connectivity index (χ3v) is 1.76. The van der Waals surface area contributed by atoms with E-state index in [0.717, 1.165) is 16.8 Å². The van der Waals surface area contributed by atoms with Crippen molar-refractivity contribution in [3.63, 3.8) is 0 Å². The van der Waals surface area contributed by atoms with Crippen molar-refractivity contribution in [3.8, 4) is 0 Å². The van der Waals surface area contributed by atoms with Crippen LogP contribution in [0.1, 0.15) is 5.69 Å². The second kappa shape index (κ2) is 1.62. The van der Waals surface area contributed by atoms with Crippen LogP contribution >= 0.6 is 0 Å². The van der Waals surface area contributed by atoms with Crippen molar-refractivity contribution in [2.24, 2.45) is 7.05 Å². The molecule has 0 fully saturated rings. The smallest absolute Gasteiger partial charge is 0.245 e. The van der Waals surface area contributed by atoms with Gasteiger partial charge < -0.3 is 4.42 Å². The van der Waals surface area contributed by atoms with Crippen molar-refractivity contribution in [1.29, 1.82) is 0 Å². The van der Waals surface area contributed by atoms with Gasteiger partial charge in [0.25, 0.3) is 0 Å². The fourth-order valence-corrected chi connectivity index (χ4v) is 1.04. The van der Waals surface area contributed by atoms with Gasteiger partial charge in [0, 0.05) is 12.7 Å². The molecule has 3 heteroatoms. The van der Waals surface area contributed by atoms with Gasteiger partial charge in [-0.3, -0.25) is 4.68 Å². The van der Waals surface area contributed by atoms with Crippen LogP contribution in [0.15, 0.2) is 16.7 Å². The summed E-state index contributed by atoms with van der Waals surface area (Å²) in [5.74, 6) is 0. The minimum Gasteiger partial charge on any atom is -0.445 e. The summed E-state index contributed by atoms with van der Waals surface area (Å²) in [6.45, 7) is 2.02. The largest absolute Gasteiger partial charge is 0.445 e. The van der Waals surface area contributed by atoms with Crippen molar-refractivity contribution >= 4 is 11.1 Å². The van der Waals surface area contributed by atoms with Gasteiger partial charge in [-0.05, 0) is 13.0 Å². The Balaban J connectivity index is 2.95. The van der Waals surface area contributed by atoms with Crippen molar-refractivity contribution in [2.45, 2.75) is 6.92 Å². The first-order chi connectivity index (χ1) is 4.79. The molecular formula is C7H8N2O. The van der Waals surface area contributed by atoms with Crippen molar-refractivity contribution < 1.29 is 4.42 Å². The summed E-state index contributed by atoms with van der Waals surface area (Å²) in [5.41, 5.74) is 1.86. The van der Waals surface area contributed by atoms with Gasteiger partial charge in [-0.25, -0.2) is 0 Å². The topological polar surface area (TPSA) is 31.0 Å². The Bertz CT molecular complexity index is 358. The number of aryl methyl sites for hydroxylation is 2. The number of hydrogen-bond acceptors (Lipinski definition) is 2. The summed E-state index contributed by atoms with van der Waals surface area (Å²) in [6.07, 6.45) is 1.66. The van der Waals surface area contributed by atoms with E-state index in [1.54, 1.807) is 6.26 Å². The van der Waals surface area contributed by atoms with Crippen LogP contribution in [0.4, 0.5) is 0 Å². The lowest BCUT2D eigenvalue weighted by atomic mass is 10.3. The first kappa shape index (κ1) is 5.53. The molecule has 0 unspecified atom stereocenters. The first-order valence-corrected chi connectivity index (χ1v) is 3.16. The number of nitrogens with zero attached hydrogens (tertiary/aromatic N) is 2. The van der Waals surface area contributed by atoms with E-state index in [4.69, 9.17) is 4.42 Å². The Hall–Kier alpha value is -1.25. The Labute approximate surface area is 58.2 Å². The number of hydrogen-bond donors (Lipinski definition) is 0. The Kier molecular flexibility index (Phi) is 0.897. The van der Waals surface area contributed by atoms with E-state index in [0.29, 0.717) is 0 Å². The van der Waals surface area contributed by atoms with Gasteiger partial charge in [-0.1, -0.05) is 0 Å². The second-order valence-corrected chi connectivity index (χ2v) is 2.35. The van der Waals surface area contributed by atoms with Crippen LogP contribution in [0.5, 0.6) is 0 Å². The third kappa shape index (κ3) is 0.518. The lowest BCUT2D eigenvalue weighted by molar-refractivity contribution is 0.585. The van der Waals surface area contributed by atoms with Gasteiger partial charge in [-0.2, -0.15) is 0 Å². The van der Waals surface area contributed by atoms with Gasteiger partial charge in [0.15, 0.2) is 0 Å². The highest BCUT2D eigenvalue weighted by Crippen LogP contribution is 2.16. The normalized spacial score (nSPS) is 11.0. The van der Waals surface area contributed by atoms with Crippen molar-refractivity contribution in [3.05, 3.63) is 18.0 Å². The highest BCUT2D eigenvalue weighted by molar-refractivity contribution is 5.76. The van der Waals surface area contributed by atoms with Gasteiger partial charge >= 0.3 is 0 Å². The second-order valence-electron chi connectivity index (χ2n) is 2.35. The van der Waals surface area contributed by atoms with E-state index in [-0.39, 0.29) is 0 Å². The summed E-state index contributed by atoms with van der Waals surface area (Å²) in [5, 5.41) is 5.22. The zero-order chi connectivity index (χ0) is 7.14. The minimum absolute atomic E-state index is 0.722. The quantitative estimate of drug-likeness (QED) is 0.549. The third-order valence-electron chi connectivity index (χ3n) is 1.76. The lowest BCUT2D eigenvalue weighted by Crippen LogP contribution is -1.91. The lowest BCUT2D eigenvalue weighted by Gasteiger charge is -1.88. The van der Waals surface area contributed by atoms with E-state index in [1.165, 1.54) is 0 Å². The SMILES string of the molecule is Cc1c2ccoc2nn1C. The molecule has 0 radical (unpaired) electrons. The molecule has 3 nitrogen and oxygen atoms in total. The highest BCUT2D eigenvalue weighted by atomic mass is 16.3. The Morgan fingerprint density at radius 2 is 2.40 bits per heavy atom. The molecule has 0 aliphatic rings. The van der Waals surface area contributed by atoms with Gasteiger partial charge in [0.05, 0.1) is 11.6 Å². The van der Waals surface area contributed by atoms with Crippen LogP contribution in [0.25, 0.3) is 11.1 Å². The molecule has 2 aromatic heterocycles. The molecular weight excluding hydrogens is 128 g/mol. The maximum atomic E-state index is 5.09. The monoisotopic (exact) mass is 136 g/mol. The Morgan fingerprint density at radius 3 is 3.10 bits per heavy atom. The number of furan rings is 1. The average molecular weight is 136 g/mol. The maximum Gasteiger partial charge on any atom is 0.245 e. The van der Waals surface area contributed by atoms with Gasteiger partial charge in [-0.15, -0.1) is 5.10 Å². The molecule has 0 amide bonds. The standard InChI is InChI=1S/C7H8N2O/c1-5-6-3-4-10-7(6)8-9(5)2/h3-4H,1-2H3.